The average molecular weight is 329 g/mol. The maximum atomic E-state index is 12.9. The zero-order chi connectivity index (χ0) is 17.7. The molecule has 0 aromatic heterocycles. The molecule has 0 saturated heterocycles. The molecule has 0 heterocycles. The van der Waals surface area contributed by atoms with Crippen LogP contribution in [0.5, 0.6) is 5.75 Å². The number of nitrogens with one attached hydrogen (secondary N) is 1. The van der Waals surface area contributed by atoms with Gasteiger partial charge in [0, 0.05) is 6.54 Å². The number of carbonyl (C=O) groups is 1. The van der Waals surface area contributed by atoms with Gasteiger partial charge in [-0.05, 0) is 54.7 Å². The normalized spacial score (nSPS) is 12.1. The summed E-state index contributed by atoms with van der Waals surface area (Å²) in [6.07, 6.45) is -0.607. The number of hydrogen-bond donors (Lipinski definition) is 1. The molecular weight excluding hydrogens is 305 g/mol. The van der Waals surface area contributed by atoms with Crippen LogP contribution in [0.25, 0.3) is 0 Å². The molecule has 0 saturated carbocycles. The number of benzene rings is 2. The monoisotopic (exact) mass is 329 g/mol. The molecule has 2 rings (SSSR count). The Morgan fingerprint density at radius 2 is 1.79 bits per heavy atom. The van der Waals surface area contributed by atoms with Gasteiger partial charge in [-0.3, -0.25) is 4.79 Å². The van der Waals surface area contributed by atoms with Crippen molar-refractivity contribution in [2.75, 3.05) is 0 Å². The Balaban J connectivity index is 1.98. The van der Waals surface area contributed by atoms with Gasteiger partial charge in [0.05, 0.1) is 0 Å². The third-order valence-corrected chi connectivity index (χ3v) is 3.84. The topological polar surface area (TPSA) is 38.3 Å². The van der Waals surface area contributed by atoms with Crippen molar-refractivity contribution in [2.45, 2.75) is 46.3 Å². The van der Waals surface area contributed by atoms with Crippen LogP contribution in [0.2, 0.25) is 0 Å². The summed E-state index contributed by atoms with van der Waals surface area (Å²) in [5.74, 6) is 0.572. The van der Waals surface area contributed by atoms with Crippen molar-refractivity contribution in [3.8, 4) is 5.75 Å². The molecule has 3 nitrogen and oxygen atoms in total. The molecule has 1 N–H and O–H groups in total. The van der Waals surface area contributed by atoms with E-state index in [1.165, 1.54) is 12.1 Å². The van der Waals surface area contributed by atoms with Gasteiger partial charge >= 0.3 is 0 Å². The van der Waals surface area contributed by atoms with E-state index >= 15 is 0 Å². The zero-order valence-electron chi connectivity index (χ0n) is 14.6. The molecule has 0 spiro atoms. The molecule has 0 aliphatic carbocycles. The fourth-order valence-corrected chi connectivity index (χ4v) is 2.40. The maximum absolute atomic E-state index is 12.9. The largest absolute Gasteiger partial charge is 0.481 e. The summed E-state index contributed by atoms with van der Waals surface area (Å²) in [6.45, 7) is 8.26. The Morgan fingerprint density at radius 3 is 2.42 bits per heavy atom. The van der Waals surface area contributed by atoms with Gasteiger partial charge < -0.3 is 10.1 Å². The van der Waals surface area contributed by atoms with E-state index in [4.69, 9.17) is 4.74 Å². The molecule has 1 amide bonds. The fourth-order valence-electron chi connectivity index (χ4n) is 2.40. The number of aryl methyl sites for hydroxylation is 1. The summed E-state index contributed by atoms with van der Waals surface area (Å²) < 4.78 is 18.8. The van der Waals surface area contributed by atoms with E-state index in [0.29, 0.717) is 12.5 Å². The van der Waals surface area contributed by atoms with Gasteiger partial charge in [0.2, 0.25) is 0 Å². The molecular formula is C20H24FNO2. The lowest BCUT2D eigenvalue weighted by molar-refractivity contribution is -0.127. The number of carbonyl (C=O) groups excluding carboxylic acids is 1. The highest BCUT2D eigenvalue weighted by atomic mass is 19.1. The van der Waals surface area contributed by atoms with Crippen LogP contribution in [0.1, 0.15) is 43.4 Å². The summed E-state index contributed by atoms with van der Waals surface area (Å²) in [7, 11) is 0. The van der Waals surface area contributed by atoms with E-state index in [0.717, 1.165) is 22.4 Å². The minimum absolute atomic E-state index is 0.199. The van der Waals surface area contributed by atoms with Gasteiger partial charge in [0.15, 0.2) is 6.10 Å². The molecule has 0 aliphatic rings. The van der Waals surface area contributed by atoms with Crippen LogP contribution in [-0.4, -0.2) is 12.0 Å². The minimum atomic E-state index is -0.607. The smallest absolute Gasteiger partial charge is 0.261 e. The van der Waals surface area contributed by atoms with Crippen LogP contribution in [0.3, 0.4) is 0 Å². The third-order valence-electron chi connectivity index (χ3n) is 3.84. The van der Waals surface area contributed by atoms with Gasteiger partial charge in [-0.1, -0.05) is 38.1 Å². The summed E-state index contributed by atoms with van der Waals surface area (Å²) in [5.41, 5.74) is 3.02. The van der Waals surface area contributed by atoms with Gasteiger partial charge in [0.1, 0.15) is 11.6 Å². The highest BCUT2D eigenvalue weighted by Crippen LogP contribution is 2.28. The molecule has 1 atom stereocenters. The molecule has 0 bridgehead atoms. The highest BCUT2D eigenvalue weighted by Gasteiger charge is 2.17. The molecule has 0 aliphatic heterocycles. The molecule has 0 fully saturated rings. The quantitative estimate of drug-likeness (QED) is 0.856. The first kappa shape index (κ1) is 18.0. The zero-order valence-corrected chi connectivity index (χ0v) is 14.6. The standard InChI is InChI=1S/C20H24FNO2/c1-13(2)18-10-5-14(3)11-19(18)24-15(4)20(23)22-12-16-6-8-17(21)9-7-16/h5-11,13,15H,12H2,1-4H3,(H,22,23)/t15-/m0/s1. The molecule has 24 heavy (non-hydrogen) atoms. The predicted molar refractivity (Wildman–Crippen MR) is 93.6 cm³/mol. The molecule has 0 unspecified atom stereocenters. The molecule has 4 heteroatoms. The second-order valence-electron chi connectivity index (χ2n) is 6.30. The number of rotatable bonds is 6. The average Bonchev–Trinajstić information content (AvgIpc) is 2.53. The van der Waals surface area contributed by atoms with Crippen molar-refractivity contribution >= 4 is 5.91 Å². The van der Waals surface area contributed by atoms with Crippen LogP contribution < -0.4 is 10.1 Å². The SMILES string of the molecule is Cc1ccc(C(C)C)c(O[C@@H](C)C(=O)NCc2ccc(F)cc2)c1. The minimum Gasteiger partial charge on any atom is -0.481 e. The van der Waals surface area contributed by atoms with Gasteiger partial charge in [-0.25, -0.2) is 4.39 Å². The van der Waals surface area contributed by atoms with E-state index in [9.17, 15) is 9.18 Å². The van der Waals surface area contributed by atoms with Gasteiger partial charge in [-0.2, -0.15) is 0 Å². The van der Waals surface area contributed by atoms with Crippen molar-refractivity contribution in [2.24, 2.45) is 0 Å². The van der Waals surface area contributed by atoms with Gasteiger partial charge in [0.25, 0.3) is 5.91 Å². The fraction of sp³-hybridized carbons (Fsp3) is 0.350. The Kier molecular flexibility index (Phi) is 5.96. The first-order valence-electron chi connectivity index (χ1n) is 8.16. The van der Waals surface area contributed by atoms with Crippen molar-refractivity contribution in [1.82, 2.24) is 5.32 Å². The Hall–Kier alpha value is -2.36. The van der Waals surface area contributed by atoms with Crippen molar-refractivity contribution in [3.05, 3.63) is 65.0 Å². The van der Waals surface area contributed by atoms with Crippen molar-refractivity contribution < 1.29 is 13.9 Å². The van der Waals surface area contributed by atoms with Crippen LogP contribution in [0.15, 0.2) is 42.5 Å². The summed E-state index contributed by atoms with van der Waals surface area (Å²) in [5, 5.41) is 2.82. The highest BCUT2D eigenvalue weighted by molar-refractivity contribution is 5.80. The number of hydrogen-bond acceptors (Lipinski definition) is 2. The lowest BCUT2D eigenvalue weighted by Gasteiger charge is -2.19. The third kappa shape index (κ3) is 4.82. The van der Waals surface area contributed by atoms with E-state index < -0.39 is 6.10 Å². The lowest BCUT2D eigenvalue weighted by Crippen LogP contribution is -2.36. The maximum Gasteiger partial charge on any atom is 0.261 e. The van der Waals surface area contributed by atoms with E-state index in [1.807, 2.05) is 25.1 Å². The second-order valence-corrected chi connectivity index (χ2v) is 6.30. The Bertz CT molecular complexity index is 695. The van der Waals surface area contributed by atoms with Crippen molar-refractivity contribution in [3.63, 3.8) is 0 Å². The van der Waals surface area contributed by atoms with Crippen LogP contribution >= 0.6 is 0 Å². The van der Waals surface area contributed by atoms with E-state index in [1.54, 1.807) is 19.1 Å². The van der Waals surface area contributed by atoms with E-state index in [2.05, 4.69) is 19.2 Å². The number of halogens is 1. The van der Waals surface area contributed by atoms with Crippen LogP contribution in [0, 0.1) is 12.7 Å². The molecule has 128 valence electrons. The first-order chi connectivity index (χ1) is 11.4. The number of amides is 1. The predicted octanol–water partition coefficient (Wildman–Crippen LogP) is 4.34. The molecule has 2 aromatic rings. The van der Waals surface area contributed by atoms with Crippen LogP contribution in [-0.2, 0) is 11.3 Å². The summed E-state index contributed by atoms with van der Waals surface area (Å²) >= 11 is 0. The van der Waals surface area contributed by atoms with Crippen molar-refractivity contribution in [1.29, 1.82) is 0 Å². The Labute approximate surface area is 142 Å². The Morgan fingerprint density at radius 1 is 1.12 bits per heavy atom. The number of ether oxygens (including phenoxy) is 1. The van der Waals surface area contributed by atoms with E-state index in [-0.39, 0.29) is 11.7 Å². The molecule has 0 radical (unpaired) electrons. The van der Waals surface area contributed by atoms with Gasteiger partial charge in [-0.15, -0.1) is 0 Å². The van der Waals surface area contributed by atoms with Crippen LogP contribution in [0.4, 0.5) is 4.39 Å². The molecule has 2 aromatic carbocycles. The summed E-state index contributed by atoms with van der Waals surface area (Å²) in [6, 6.07) is 12.1. The first-order valence-corrected chi connectivity index (χ1v) is 8.16. The lowest BCUT2D eigenvalue weighted by atomic mass is 10.0. The second kappa shape index (κ2) is 7.95. The summed E-state index contributed by atoms with van der Waals surface area (Å²) in [4.78, 5) is 12.2.